The van der Waals surface area contributed by atoms with E-state index < -0.39 is 19.7 Å². The van der Waals surface area contributed by atoms with Crippen molar-refractivity contribution >= 4 is 128 Å². The van der Waals surface area contributed by atoms with Gasteiger partial charge in [-0.3, -0.25) is 19.4 Å². The summed E-state index contributed by atoms with van der Waals surface area (Å²) < 4.78 is 7.99. The van der Waals surface area contributed by atoms with Crippen LogP contribution in [0.4, 0.5) is 0 Å². The Bertz CT molecular complexity index is 1740. The molecule has 0 radical (unpaired) electrons. The van der Waals surface area contributed by atoms with Crippen molar-refractivity contribution in [2.24, 2.45) is 0 Å². The van der Waals surface area contributed by atoms with Crippen LogP contribution >= 0.6 is 116 Å². The second kappa shape index (κ2) is 18.1. The molecule has 1 heterocycles. The molecule has 0 N–H and O–H groups in total. The molecule has 1 saturated heterocycles. The molecule has 1 aliphatic rings. The van der Waals surface area contributed by atoms with E-state index in [1.54, 1.807) is 84.9 Å². The lowest BCUT2D eigenvalue weighted by molar-refractivity contribution is 0.0577. The van der Waals surface area contributed by atoms with Crippen molar-refractivity contribution < 1.29 is 19.1 Å². The number of nitrogens with zero attached hydrogens (tertiary/aromatic N) is 2. The molecule has 2 atom stereocenters. The van der Waals surface area contributed by atoms with E-state index in [2.05, 4.69) is 0 Å². The lowest BCUT2D eigenvalue weighted by Gasteiger charge is -2.45. The molecule has 1 aliphatic heterocycles. The van der Waals surface area contributed by atoms with Gasteiger partial charge in [0.1, 0.15) is 23.0 Å². The lowest BCUT2D eigenvalue weighted by Crippen LogP contribution is -2.58. The normalized spacial score (nSPS) is 15.6. The maximum Gasteiger partial charge on any atom is 0.206 e. The second-order valence-corrected chi connectivity index (χ2v) is 18.3. The Balaban J connectivity index is 1.22. The summed E-state index contributed by atoms with van der Waals surface area (Å²) in [5, 5.41) is 1.51. The van der Waals surface area contributed by atoms with Gasteiger partial charge >= 0.3 is 0 Å². The van der Waals surface area contributed by atoms with Crippen molar-refractivity contribution in [2.45, 2.75) is 32.5 Å². The number of alkyl halides is 6. The van der Waals surface area contributed by atoms with Gasteiger partial charge in [0, 0.05) is 72.3 Å². The zero-order chi connectivity index (χ0) is 37.8. The molecule has 4 aromatic rings. The largest absolute Gasteiger partial charge is 0.457 e. The van der Waals surface area contributed by atoms with Gasteiger partial charge in [-0.25, -0.2) is 0 Å². The molecule has 0 spiro atoms. The van der Waals surface area contributed by atoms with E-state index in [-0.39, 0.29) is 45.6 Å². The van der Waals surface area contributed by atoms with E-state index in [1.807, 2.05) is 9.80 Å². The summed E-state index contributed by atoms with van der Waals surface area (Å²) in [5.74, 6) is 1.32. The van der Waals surface area contributed by atoms with Gasteiger partial charge in [0.15, 0.2) is 11.6 Å². The Labute approximate surface area is 351 Å². The minimum atomic E-state index is -1.83. The number of halogens is 10. The summed E-state index contributed by atoms with van der Waals surface area (Å²) in [6, 6.07) is 21.5. The van der Waals surface area contributed by atoms with Crippen LogP contribution < -0.4 is 9.47 Å². The molecule has 1 fully saturated rings. The van der Waals surface area contributed by atoms with E-state index in [0.29, 0.717) is 59.2 Å². The maximum atomic E-state index is 13.5. The molecule has 0 aromatic heterocycles. The highest BCUT2D eigenvalue weighted by atomic mass is 35.6. The van der Waals surface area contributed by atoms with Crippen molar-refractivity contribution in [1.82, 2.24) is 9.80 Å². The summed E-state index contributed by atoms with van der Waals surface area (Å²) >= 11 is 63.6. The minimum absolute atomic E-state index is 0.143. The van der Waals surface area contributed by atoms with Gasteiger partial charge in [-0.2, -0.15) is 0 Å². The smallest absolute Gasteiger partial charge is 0.206 e. The molecule has 0 aliphatic carbocycles. The first-order valence-electron chi connectivity index (χ1n) is 15.6. The molecule has 5 rings (SSSR count). The van der Waals surface area contributed by atoms with Gasteiger partial charge in [0.05, 0.1) is 22.1 Å². The monoisotopic (exact) mass is 902 g/mol. The summed E-state index contributed by atoms with van der Waals surface area (Å²) in [6.45, 7) is 1.37. The van der Waals surface area contributed by atoms with Gasteiger partial charge in [-0.1, -0.05) is 116 Å². The summed E-state index contributed by atoms with van der Waals surface area (Å²) in [5.41, 5.74) is 0.502. The molecular weight excluding hydrogens is 879 g/mol. The molecule has 0 unspecified atom stereocenters. The van der Waals surface area contributed by atoms with Crippen LogP contribution in [0.5, 0.6) is 23.0 Å². The highest BCUT2D eigenvalue weighted by Crippen LogP contribution is 2.40. The van der Waals surface area contributed by atoms with Gasteiger partial charge in [-0.05, 0) is 72.8 Å². The van der Waals surface area contributed by atoms with Crippen molar-refractivity contribution in [3.05, 3.63) is 116 Å². The first kappa shape index (κ1) is 41.8. The van der Waals surface area contributed by atoms with E-state index in [0.717, 1.165) is 0 Å². The zero-order valence-corrected chi connectivity index (χ0v) is 34.3. The van der Waals surface area contributed by atoms with E-state index >= 15 is 0 Å². The third-order valence-electron chi connectivity index (χ3n) is 8.32. The lowest BCUT2D eigenvalue weighted by atomic mass is 10.0. The predicted octanol–water partition coefficient (Wildman–Crippen LogP) is 12.8. The molecule has 6 nitrogen and oxygen atoms in total. The number of piperazine rings is 1. The SMILES string of the molecule is O=C(C[C@H](N1CCN([C@H](CC(=O)c2ccc(Oc3ccc(Cl)cc3)cc2Cl)C(Cl)(Cl)Cl)CC1)C(Cl)(Cl)Cl)c1ccc(Oc2ccc(Cl)cc2)cc1Cl. The average molecular weight is 907 g/mol. The third kappa shape index (κ3) is 11.3. The molecule has 276 valence electrons. The van der Waals surface area contributed by atoms with Crippen molar-refractivity contribution in [1.29, 1.82) is 0 Å². The Morgan fingerprint density at radius 1 is 0.519 bits per heavy atom. The Morgan fingerprint density at radius 3 is 1.12 bits per heavy atom. The van der Waals surface area contributed by atoms with Crippen LogP contribution in [0.3, 0.4) is 0 Å². The number of carbonyl (C=O) groups is 2. The van der Waals surface area contributed by atoms with Crippen LogP contribution in [-0.4, -0.2) is 67.2 Å². The van der Waals surface area contributed by atoms with Crippen LogP contribution in [0.25, 0.3) is 0 Å². The number of carbonyl (C=O) groups excluding carboxylic acids is 2. The van der Waals surface area contributed by atoms with Gasteiger partial charge < -0.3 is 9.47 Å². The van der Waals surface area contributed by atoms with E-state index in [1.165, 1.54) is 0 Å². The predicted molar refractivity (Wildman–Crippen MR) is 215 cm³/mol. The maximum absolute atomic E-state index is 13.5. The van der Waals surface area contributed by atoms with Gasteiger partial charge in [-0.15, -0.1) is 0 Å². The fourth-order valence-electron chi connectivity index (χ4n) is 5.68. The molecule has 52 heavy (non-hydrogen) atoms. The topological polar surface area (TPSA) is 59.1 Å². The van der Waals surface area contributed by atoms with Crippen LogP contribution in [0.15, 0.2) is 84.9 Å². The Morgan fingerprint density at radius 2 is 0.827 bits per heavy atom. The van der Waals surface area contributed by atoms with Crippen LogP contribution in [0.1, 0.15) is 33.6 Å². The Hall–Kier alpha value is -1.36. The molecule has 0 saturated carbocycles. The first-order valence-corrected chi connectivity index (χ1v) is 19.4. The van der Waals surface area contributed by atoms with E-state index in [9.17, 15) is 9.59 Å². The second-order valence-electron chi connectivity index (χ2n) is 11.8. The fraction of sp³-hybridized carbons (Fsp3) is 0.278. The van der Waals surface area contributed by atoms with Crippen molar-refractivity contribution in [3.63, 3.8) is 0 Å². The molecule has 16 heteroatoms. The van der Waals surface area contributed by atoms with Crippen LogP contribution in [0, 0.1) is 0 Å². The van der Waals surface area contributed by atoms with Gasteiger partial charge in [0.2, 0.25) is 7.59 Å². The number of Topliss-reactive ketones (excluding diaryl/α,β-unsaturated/α-hetero) is 2. The highest BCUT2D eigenvalue weighted by molar-refractivity contribution is 6.68. The Kier molecular flexibility index (Phi) is 14.5. The third-order valence-corrected chi connectivity index (χ3v) is 11.0. The van der Waals surface area contributed by atoms with Gasteiger partial charge in [0.25, 0.3) is 0 Å². The van der Waals surface area contributed by atoms with Crippen molar-refractivity contribution in [3.8, 4) is 23.0 Å². The quantitative estimate of drug-likeness (QED) is 0.104. The van der Waals surface area contributed by atoms with Crippen LogP contribution in [-0.2, 0) is 0 Å². The number of ketones is 2. The highest BCUT2D eigenvalue weighted by Gasteiger charge is 2.44. The van der Waals surface area contributed by atoms with Crippen LogP contribution in [0.2, 0.25) is 20.1 Å². The molecular formula is C36H28Cl10N2O4. The summed E-state index contributed by atoms with van der Waals surface area (Å²) in [7, 11) is 0. The van der Waals surface area contributed by atoms with E-state index in [4.69, 9.17) is 125 Å². The number of hydrogen-bond acceptors (Lipinski definition) is 6. The molecule has 0 bridgehead atoms. The zero-order valence-electron chi connectivity index (χ0n) is 26.8. The first-order chi connectivity index (χ1) is 24.5. The van der Waals surface area contributed by atoms with Crippen molar-refractivity contribution in [2.75, 3.05) is 26.2 Å². The minimum Gasteiger partial charge on any atom is -0.457 e. The fourth-order valence-corrected chi connectivity index (χ4v) is 7.78. The average Bonchev–Trinajstić information content (AvgIpc) is 3.07. The molecule has 0 amide bonds. The summed E-state index contributed by atoms with van der Waals surface area (Å²) in [4.78, 5) is 30.8. The number of hydrogen-bond donors (Lipinski definition) is 0. The standard InChI is InChI=1S/C36H28Cl10N2O4/c37-21-1-5-23(6-2-21)51-25-9-11-27(29(39)17-25)31(49)19-33(35(41,42)43)47-13-15-48(16-14-47)34(36(44,45)46)20-32(50)28-12-10-26(18-30(28)40)52-24-7-3-22(38)4-8-24/h1-12,17-18,33-34H,13-16,19-20H2/t33-,34+. The summed E-state index contributed by atoms with van der Waals surface area (Å²) in [6.07, 6.45) is -0.285. The molecule has 4 aromatic carbocycles. The number of rotatable bonds is 12. The number of ether oxygens (including phenoxy) is 2. The number of benzene rings is 4.